The van der Waals surface area contributed by atoms with E-state index < -0.39 is 17.6 Å². The zero-order chi connectivity index (χ0) is 22.8. The van der Waals surface area contributed by atoms with Crippen LogP contribution >= 0.6 is 0 Å². The van der Waals surface area contributed by atoms with Crippen molar-refractivity contribution in [2.45, 2.75) is 32.6 Å². The molecule has 0 heterocycles. The fourth-order valence-corrected chi connectivity index (χ4v) is 2.85. The first-order chi connectivity index (χ1) is 15.5. The highest BCUT2D eigenvalue weighted by Gasteiger charge is 2.11. The van der Waals surface area contributed by atoms with Gasteiger partial charge in [0, 0.05) is 12.1 Å². The molecule has 3 rings (SSSR count). The minimum absolute atomic E-state index is 0.0356. The molecule has 0 spiro atoms. The molecular weight excluding hydrogens is 414 g/mol. The van der Waals surface area contributed by atoms with Gasteiger partial charge < -0.3 is 9.47 Å². The van der Waals surface area contributed by atoms with E-state index in [1.165, 1.54) is 43.2 Å². The summed E-state index contributed by atoms with van der Waals surface area (Å²) in [6.07, 6.45) is 4.47. The number of ether oxygens (including phenoxy) is 2. The molecule has 7 heteroatoms. The SMILES string of the molecule is CCCCCCOc1ccc(C(=O)Oc2ccc(N=Nc3cccc(F)c3)c(F)c2)cc1. The van der Waals surface area contributed by atoms with Crippen LogP contribution in [0.2, 0.25) is 0 Å². The predicted molar refractivity (Wildman–Crippen MR) is 118 cm³/mol. The summed E-state index contributed by atoms with van der Waals surface area (Å²) in [4.78, 5) is 12.3. The van der Waals surface area contributed by atoms with Crippen LogP contribution < -0.4 is 9.47 Å². The topological polar surface area (TPSA) is 60.2 Å². The van der Waals surface area contributed by atoms with Crippen LogP contribution in [0.5, 0.6) is 11.5 Å². The molecule has 0 aliphatic rings. The molecule has 32 heavy (non-hydrogen) atoms. The number of azo groups is 1. The van der Waals surface area contributed by atoms with Gasteiger partial charge in [-0.2, -0.15) is 5.11 Å². The second kappa shape index (κ2) is 11.7. The van der Waals surface area contributed by atoms with E-state index in [4.69, 9.17) is 9.47 Å². The van der Waals surface area contributed by atoms with Gasteiger partial charge in [0.2, 0.25) is 0 Å². The van der Waals surface area contributed by atoms with Crippen molar-refractivity contribution in [2.75, 3.05) is 6.61 Å². The van der Waals surface area contributed by atoms with Gasteiger partial charge in [0.25, 0.3) is 0 Å². The Morgan fingerprint density at radius 2 is 1.66 bits per heavy atom. The second-order valence-corrected chi connectivity index (χ2v) is 7.12. The third-order valence-corrected chi connectivity index (χ3v) is 4.57. The largest absolute Gasteiger partial charge is 0.494 e. The Bertz CT molecular complexity index is 1070. The van der Waals surface area contributed by atoms with Crippen LogP contribution in [0.4, 0.5) is 20.2 Å². The zero-order valence-corrected chi connectivity index (χ0v) is 17.8. The summed E-state index contributed by atoms with van der Waals surface area (Å²) < 4.78 is 38.4. The Labute approximate surface area is 185 Å². The standard InChI is InChI=1S/C25H24F2N2O3/c1-2-3-4-5-15-31-21-11-9-18(10-12-21)25(30)32-22-13-14-24(23(27)17-22)29-28-20-8-6-7-19(26)16-20/h6-14,16-17H,2-5,15H2,1H3. The van der Waals surface area contributed by atoms with Gasteiger partial charge in [0.15, 0.2) is 5.82 Å². The number of halogens is 2. The van der Waals surface area contributed by atoms with E-state index in [0.29, 0.717) is 17.9 Å². The van der Waals surface area contributed by atoms with Gasteiger partial charge in [-0.1, -0.05) is 32.3 Å². The quantitative estimate of drug-likeness (QED) is 0.142. The fourth-order valence-electron chi connectivity index (χ4n) is 2.85. The molecule has 3 aromatic carbocycles. The summed E-state index contributed by atoms with van der Waals surface area (Å²) in [6.45, 7) is 2.79. The highest BCUT2D eigenvalue weighted by atomic mass is 19.1. The van der Waals surface area contributed by atoms with E-state index >= 15 is 0 Å². The minimum atomic E-state index is -0.720. The van der Waals surface area contributed by atoms with Crippen molar-refractivity contribution in [1.29, 1.82) is 0 Å². The third-order valence-electron chi connectivity index (χ3n) is 4.57. The number of unbranched alkanes of at least 4 members (excludes halogenated alkanes) is 3. The second-order valence-electron chi connectivity index (χ2n) is 7.12. The number of rotatable bonds is 10. The Morgan fingerprint density at radius 3 is 2.38 bits per heavy atom. The van der Waals surface area contributed by atoms with Crippen molar-refractivity contribution in [1.82, 2.24) is 0 Å². The number of hydrogen-bond donors (Lipinski definition) is 0. The molecule has 0 aliphatic heterocycles. The maximum Gasteiger partial charge on any atom is 0.343 e. The van der Waals surface area contributed by atoms with Gasteiger partial charge in [-0.25, -0.2) is 13.6 Å². The Balaban J connectivity index is 1.56. The molecule has 0 unspecified atom stereocenters. The van der Waals surface area contributed by atoms with Gasteiger partial charge in [-0.05, 0) is 55.0 Å². The summed E-state index contributed by atoms with van der Waals surface area (Å²) in [5.41, 5.74) is 0.515. The molecule has 0 fully saturated rings. The molecule has 0 bridgehead atoms. The summed E-state index contributed by atoms with van der Waals surface area (Å²) >= 11 is 0. The summed E-state index contributed by atoms with van der Waals surface area (Å²) in [7, 11) is 0. The molecule has 0 aromatic heterocycles. The molecule has 166 valence electrons. The number of carbonyl (C=O) groups excluding carboxylic acids is 1. The molecular formula is C25H24F2N2O3. The van der Waals surface area contributed by atoms with Crippen LogP contribution in [0.25, 0.3) is 0 Å². The fraction of sp³-hybridized carbons (Fsp3) is 0.240. The summed E-state index contributed by atoms with van der Waals surface area (Å²) in [5, 5.41) is 7.58. The Morgan fingerprint density at radius 1 is 0.875 bits per heavy atom. The lowest BCUT2D eigenvalue weighted by Gasteiger charge is -2.08. The monoisotopic (exact) mass is 438 g/mol. The molecule has 5 nitrogen and oxygen atoms in total. The predicted octanol–water partition coefficient (Wildman–Crippen LogP) is 7.56. The number of benzene rings is 3. The van der Waals surface area contributed by atoms with Crippen LogP contribution in [0.15, 0.2) is 77.0 Å². The summed E-state index contributed by atoms with van der Waals surface area (Å²) in [6, 6.07) is 15.9. The average molecular weight is 438 g/mol. The number of hydrogen-bond acceptors (Lipinski definition) is 5. The molecule has 0 N–H and O–H groups in total. The van der Waals surface area contributed by atoms with Crippen LogP contribution in [-0.4, -0.2) is 12.6 Å². The lowest BCUT2D eigenvalue weighted by atomic mass is 10.2. The first kappa shape index (κ1) is 23.1. The van der Waals surface area contributed by atoms with Gasteiger partial charge >= 0.3 is 5.97 Å². The third kappa shape index (κ3) is 6.97. The molecule has 0 saturated heterocycles. The van der Waals surface area contributed by atoms with E-state index in [2.05, 4.69) is 17.2 Å². The van der Waals surface area contributed by atoms with Crippen molar-refractivity contribution in [3.8, 4) is 11.5 Å². The van der Waals surface area contributed by atoms with Crippen molar-refractivity contribution >= 4 is 17.3 Å². The van der Waals surface area contributed by atoms with Gasteiger partial charge in [0.05, 0.1) is 17.9 Å². The molecule has 0 amide bonds. The van der Waals surface area contributed by atoms with Crippen LogP contribution in [0.1, 0.15) is 43.0 Å². The molecule has 0 radical (unpaired) electrons. The van der Waals surface area contributed by atoms with Gasteiger partial charge in [0.1, 0.15) is 23.0 Å². The first-order valence-corrected chi connectivity index (χ1v) is 10.5. The van der Waals surface area contributed by atoms with E-state index in [0.717, 1.165) is 18.9 Å². The maximum absolute atomic E-state index is 14.3. The van der Waals surface area contributed by atoms with E-state index in [1.54, 1.807) is 30.3 Å². The van der Waals surface area contributed by atoms with Crippen LogP contribution in [0, 0.1) is 11.6 Å². The Kier molecular flexibility index (Phi) is 8.43. The lowest BCUT2D eigenvalue weighted by Crippen LogP contribution is -2.08. The normalized spacial score (nSPS) is 11.0. The summed E-state index contributed by atoms with van der Waals surface area (Å²) in [5.74, 6) is -1.09. The molecule has 0 atom stereocenters. The van der Waals surface area contributed by atoms with E-state index in [1.807, 2.05) is 0 Å². The molecule has 3 aromatic rings. The van der Waals surface area contributed by atoms with E-state index in [-0.39, 0.29) is 17.1 Å². The molecule has 0 aliphatic carbocycles. The van der Waals surface area contributed by atoms with Crippen molar-refractivity contribution in [2.24, 2.45) is 10.2 Å². The van der Waals surface area contributed by atoms with Crippen LogP contribution in [-0.2, 0) is 0 Å². The number of carbonyl (C=O) groups is 1. The van der Waals surface area contributed by atoms with E-state index in [9.17, 15) is 13.6 Å². The van der Waals surface area contributed by atoms with Gasteiger partial charge in [-0.15, -0.1) is 5.11 Å². The zero-order valence-electron chi connectivity index (χ0n) is 17.8. The highest BCUT2D eigenvalue weighted by molar-refractivity contribution is 5.91. The highest BCUT2D eigenvalue weighted by Crippen LogP contribution is 2.26. The van der Waals surface area contributed by atoms with Crippen molar-refractivity contribution in [3.63, 3.8) is 0 Å². The first-order valence-electron chi connectivity index (χ1n) is 10.5. The minimum Gasteiger partial charge on any atom is -0.494 e. The van der Waals surface area contributed by atoms with Crippen molar-refractivity contribution in [3.05, 3.63) is 83.9 Å². The average Bonchev–Trinajstić information content (AvgIpc) is 2.79. The number of esters is 1. The lowest BCUT2D eigenvalue weighted by molar-refractivity contribution is 0.0734. The maximum atomic E-state index is 14.3. The number of nitrogens with zero attached hydrogens (tertiary/aromatic N) is 2. The Hall–Kier alpha value is -3.61. The smallest absolute Gasteiger partial charge is 0.343 e. The van der Waals surface area contributed by atoms with Crippen LogP contribution in [0.3, 0.4) is 0 Å². The molecule has 0 saturated carbocycles. The van der Waals surface area contributed by atoms with Gasteiger partial charge in [-0.3, -0.25) is 0 Å². The van der Waals surface area contributed by atoms with Crippen molar-refractivity contribution < 1.29 is 23.0 Å².